The average Bonchev–Trinajstić information content (AvgIpc) is 3.02. The number of amidine groups is 1. The molecule has 0 aromatic carbocycles. The molecule has 4 amide bonds. The number of aryl methyl sites for hydroxylation is 1. The number of likely N-dealkylation sites (N-methyl/N-ethyl adjacent to an activating group) is 1. The molecule has 10 nitrogen and oxygen atoms in total. The van der Waals surface area contributed by atoms with Crippen molar-refractivity contribution in [2.45, 2.75) is 19.5 Å². The number of aliphatic imine (C=N–C) groups is 1. The molecule has 3 rings (SSSR count). The lowest BCUT2D eigenvalue weighted by molar-refractivity contribution is -0.677. The quantitative estimate of drug-likeness (QED) is 0.673. The highest BCUT2D eigenvalue weighted by Crippen LogP contribution is 2.28. The van der Waals surface area contributed by atoms with Crippen molar-refractivity contribution < 1.29 is 23.7 Å². The second kappa shape index (κ2) is 5.71. The molecule has 2 aliphatic rings. The molecule has 0 aliphatic carbocycles. The van der Waals surface area contributed by atoms with E-state index in [1.54, 1.807) is 17.9 Å². The molecule has 1 aromatic heterocycles. The summed E-state index contributed by atoms with van der Waals surface area (Å²) >= 11 is 0. The molecule has 1 saturated heterocycles. The second-order valence-electron chi connectivity index (χ2n) is 5.73. The van der Waals surface area contributed by atoms with Crippen LogP contribution in [0.2, 0.25) is 0 Å². The number of urea groups is 1. The summed E-state index contributed by atoms with van der Waals surface area (Å²) in [7, 11) is 3.13. The molecule has 1 atom stereocenters. The third-order valence-corrected chi connectivity index (χ3v) is 4.16. The van der Waals surface area contributed by atoms with Crippen LogP contribution < -0.4 is 10.3 Å². The summed E-state index contributed by atoms with van der Waals surface area (Å²) in [4.78, 5) is 42.8. The third-order valence-electron chi connectivity index (χ3n) is 4.16. The molecule has 10 heteroatoms. The van der Waals surface area contributed by atoms with Gasteiger partial charge in [0, 0.05) is 14.2 Å². The van der Waals surface area contributed by atoms with E-state index in [1.165, 1.54) is 11.9 Å². The molecule has 128 valence electrons. The minimum atomic E-state index is -0.774. The number of nitrogens with zero attached hydrogens (tertiary/aromatic N) is 5. The normalized spacial score (nSPS) is 19.5. The van der Waals surface area contributed by atoms with Crippen molar-refractivity contribution in [2.24, 2.45) is 10.7 Å². The Balaban J connectivity index is 2.03. The van der Waals surface area contributed by atoms with Gasteiger partial charge >= 0.3 is 12.0 Å². The Morgan fingerprint density at radius 1 is 1.46 bits per heavy atom. The number of carbonyl (C=O) groups excluding carboxylic acids is 3. The van der Waals surface area contributed by atoms with Gasteiger partial charge in [0.2, 0.25) is 17.8 Å². The van der Waals surface area contributed by atoms with Crippen LogP contribution in [0.1, 0.15) is 11.7 Å². The van der Waals surface area contributed by atoms with Gasteiger partial charge in [-0.2, -0.15) is 0 Å². The highest BCUT2D eigenvalue weighted by atomic mass is 16.5. The van der Waals surface area contributed by atoms with E-state index in [2.05, 4.69) is 4.99 Å². The molecule has 0 spiro atoms. The van der Waals surface area contributed by atoms with E-state index in [-0.39, 0.29) is 0 Å². The van der Waals surface area contributed by atoms with Gasteiger partial charge in [-0.25, -0.2) is 13.9 Å². The van der Waals surface area contributed by atoms with Crippen molar-refractivity contribution >= 4 is 29.6 Å². The van der Waals surface area contributed by atoms with Crippen molar-refractivity contribution in [3.63, 3.8) is 0 Å². The van der Waals surface area contributed by atoms with Crippen LogP contribution >= 0.6 is 0 Å². The molecule has 0 radical (unpaired) electrons. The lowest BCUT2D eigenvalue weighted by Gasteiger charge is -2.32. The fourth-order valence-electron chi connectivity index (χ4n) is 2.99. The summed E-state index contributed by atoms with van der Waals surface area (Å²) in [6.07, 6.45) is 1.80. The Kier molecular flexibility index (Phi) is 3.84. The van der Waals surface area contributed by atoms with Crippen molar-refractivity contribution in [1.29, 1.82) is 0 Å². The summed E-state index contributed by atoms with van der Waals surface area (Å²) in [5.74, 6) is -0.351. The summed E-state index contributed by atoms with van der Waals surface area (Å²) in [6.45, 7) is 2.52. The Bertz CT molecular complexity index is 768. The first kappa shape index (κ1) is 16.1. The number of aromatic nitrogens is 2. The molecule has 3 heterocycles. The number of imide groups is 1. The van der Waals surface area contributed by atoms with E-state index >= 15 is 0 Å². The van der Waals surface area contributed by atoms with Gasteiger partial charge < -0.3 is 10.5 Å². The molecule has 0 bridgehead atoms. The van der Waals surface area contributed by atoms with Gasteiger partial charge in [0.15, 0.2) is 0 Å². The van der Waals surface area contributed by atoms with E-state index in [1.807, 2.05) is 11.5 Å². The van der Waals surface area contributed by atoms with Crippen LogP contribution in [0.3, 0.4) is 0 Å². The zero-order chi connectivity index (χ0) is 17.6. The van der Waals surface area contributed by atoms with Gasteiger partial charge in [0.05, 0.1) is 13.2 Å². The van der Waals surface area contributed by atoms with Crippen LogP contribution in [-0.2, 0) is 20.9 Å². The van der Waals surface area contributed by atoms with Crippen molar-refractivity contribution in [2.75, 3.05) is 27.3 Å². The number of carbonyl (C=O) groups is 3. The Morgan fingerprint density at radius 2 is 2.17 bits per heavy atom. The first-order chi connectivity index (χ1) is 11.4. The first-order valence-corrected chi connectivity index (χ1v) is 7.43. The fraction of sp³-hybridized carbons (Fsp3) is 0.500. The molecule has 0 saturated carbocycles. The van der Waals surface area contributed by atoms with Crippen LogP contribution in [-0.4, -0.2) is 65.4 Å². The lowest BCUT2D eigenvalue weighted by Crippen LogP contribution is -2.63. The number of hydrogen-bond donors (Lipinski definition) is 1. The van der Waals surface area contributed by atoms with Gasteiger partial charge in [-0.05, 0) is 6.92 Å². The first-order valence-electron chi connectivity index (χ1n) is 7.43. The smallest absolute Gasteiger partial charge is 0.381 e. The SMILES string of the molecule is COCCn1c(C)c[n+]2c1N=C1C2C(=O)N(CC(N)=O)C(=O)N1C. The van der Waals surface area contributed by atoms with Crippen LogP contribution in [0.25, 0.3) is 0 Å². The lowest BCUT2D eigenvalue weighted by atomic mass is 10.1. The highest BCUT2D eigenvalue weighted by molar-refractivity contribution is 6.19. The molecule has 2 N–H and O–H groups in total. The van der Waals surface area contributed by atoms with E-state index in [9.17, 15) is 14.4 Å². The topological polar surface area (TPSA) is 114 Å². The van der Waals surface area contributed by atoms with Gasteiger partial charge in [-0.1, -0.05) is 4.99 Å². The van der Waals surface area contributed by atoms with E-state index in [0.717, 1.165) is 10.6 Å². The number of methoxy groups -OCH3 is 1. The maximum absolute atomic E-state index is 12.7. The standard InChI is InChI=1S/C14H18N6O4/c1-8-6-19-10-11(16-13(19)18(8)4-5-24-3)17(2)14(23)20(12(10)22)7-9(15)21/h6,10H,4-5,7H2,1-3H3,(H-,15,21)/p+1. The fourth-order valence-corrected chi connectivity index (χ4v) is 2.99. The predicted octanol–water partition coefficient (Wildman–Crippen LogP) is -1.31. The second-order valence-corrected chi connectivity index (χ2v) is 5.73. The minimum absolute atomic E-state index is 0.340. The molecule has 1 unspecified atom stereocenters. The van der Waals surface area contributed by atoms with Crippen LogP contribution in [0.15, 0.2) is 11.2 Å². The Morgan fingerprint density at radius 3 is 2.79 bits per heavy atom. The molecule has 1 fully saturated rings. The highest BCUT2D eigenvalue weighted by Gasteiger charge is 2.53. The van der Waals surface area contributed by atoms with Gasteiger partial charge in [-0.15, -0.1) is 0 Å². The summed E-state index contributed by atoms with van der Waals surface area (Å²) in [5.41, 5.74) is 6.06. The van der Waals surface area contributed by atoms with Gasteiger partial charge in [0.25, 0.3) is 5.91 Å². The molecular formula is C14H19N6O4+. The van der Waals surface area contributed by atoms with E-state index < -0.39 is 30.4 Å². The number of hydrogen-bond acceptors (Lipinski definition) is 5. The number of rotatable bonds is 5. The van der Waals surface area contributed by atoms with Crippen molar-refractivity contribution in [3.05, 3.63) is 11.9 Å². The number of primary amides is 1. The number of fused-ring (bicyclic) bond motifs is 3. The zero-order valence-corrected chi connectivity index (χ0v) is 13.7. The number of imidazole rings is 1. The number of amides is 4. The van der Waals surface area contributed by atoms with Crippen molar-refractivity contribution in [3.8, 4) is 0 Å². The average molecular weight is 335 g/mol. The molecule has 2 aliphatic heterocycles. The summed E-state index contributed by atoms with van der Waals surface area (Å²) in [6, 6.07) is -1.38. The Labute approximate surface area is 138 Å². The van der Waals surface area contributed by atoms with Crippen LogP contribution in [0, 0.1) is 6.92 Å². The zero-order valence-electron chi connectivity index (χ0n) is 13.7. The molecule has 24 heavy (non-hydrogen) atoms. The van der Waals surface area contributed by atoms with Gasteiger partial charge in [0.1, 0.15) is 18.4 Å². The largest absolute Gasteiger partial charge is 0.402 e. The molecule has 1 aromatic rings. The monoisotopic (exact) mass is 335 g/mol. The van der Waals surface area contributed by atoms with E-state index in [4.69, 9.17) is 10.5 Å². The maximum Gasteiger partial charge on any atom is 0.402 e. The van der Waals surface area contributed by atoms with Crippen LogP contribution in [0.4, 0.5) is 10.7 Å². The van der Waals surface area contributed by atoms with Crippen LogP contribution in [0.5, 0.6) is 0 Å². The van der Waals surface area contributed by atoms with Crippen molar-refractivity contribution in [1.82, 2.24) is 14.4 Å². The third kappa shape index (κ3) is 2.26. The predicted molar refractivity (Wildman–Crippen MR) is 81.4 cm³/mol. The maximum atomic E-state index is 12.7. The van der Waals surface area contributed by atoms with E-state index in [0.29, 0.717) is 24.9 Å². The summed E-state index contributed by atoms with van der Waals surface area (Å²) < 4.78 is 8.72. The summed E-state index contributed by atoms with van der Waals surface area (Å²) in [5, 5.41) is 0. The number of ether oxygens (including phenoxy) is 1. The minimum Gasteiger partial charge on any atom is -0.381 e. The number of nitrogens with two attached hydrogens (primary N) is 1. The Hall–Kier alpha value is -2.75. The molecular weight excluding hydrogens is 316 g/mol. The van der Waals surface area contributed by atoms with Gasteiger partial charge in [-0.3, -0.25) is 19.4 Å².